The summed E-state index contributed by atoms with van der Waals surface area (Å²) in [5, 5.41) is 10.3. The molecule has 0 amide bonds. The van der Waals surface area contributed by atoms with E-state index < -0.39 is 33.3 Å². The Bertz CT molecular complexity index is 1410. The molecule has 0 bridgehead atoms. The third-order valence-electron chi connectivity index (χ3n) is 10.8. The smallest absolute Gasteiger partial charge is 0.303 e. The van der Waals surface area contributed by atoms with Gasteiger partial charge < -0.3 is 14.6 Å². The summed E-state index contributed by atoms with van der Waals surface area (Å²) in [7, 11) is -3.67. The largest absolute Gasteiger partial charge is 0.462 e. The molecule has 7 nitrogen and oxygen atoms in total. The number of rotatable bonds is 10. The monoisotopic (exact) mass is 640 g/mol. The summed E-state index contributed by atoms with van der Waals surface area (Å²) in [6.45, 7) is 15.3. The Hall–Kier alpha value is -2.71. The minimum absolute atomic E-state index is 0.0368. The normalized spacial score (nSPS) is 31.0. The number of ether oxygens (including phenoxy) is 2. The Balaban J connectivity index is 1.63. The van der Waals surface area contributed by atoms with Gasteiger partial charge in [0, 0.05) is 26.7 Å². The molecule has 0 radical (unpaired) electrons. The molecule has 1 N–H and O–H groups in total. The van der Waals surface area contributed by atoms with Crippen LogP contribution in [0.25, 0.3) is 0 Å². The van der Waals surface area contributed by atoms with Crippen LogP contribution in [0.1, 0.15) is 92.9 Å². The summed E-state index contributed by atoms with van der Waals surface area (Å²) in [4.78, 5) is 23.8. The zero-order valence-electron chi connectivity index (χ0n) is 27.8. The van der Waals surface area contributed by atoms with Gasteiger partial charge in [-0.05, 0) is 90.9 Å². The van der Waals surface area contributed by atoms with E-state index in [9.17, 15) is 23.1 Å². The number of benzene rings is 1. The van der Waals surface area contributed by atoms with E-state index in [1.807, 2.05) is 19.9 Å². The van der Waals surface area contributed by atoms with Crippen molar-refractivity contribution < 1.29 is 32.6 Å². The van der Waals surface area contributed by atoms with Crippen molar-refractivity contribution in [2.45, 2.75) is 121 Å². The van der Waals surface area contributed by atoms with Crippen LogP contribution in [0.15, 0.2) is 70.7 Å². The zero-order chi connectivity index (χ0) is 33.1. The summed E-state index contributed by atoms with van der Waals surface area (Å²) in [6, 6.07) is 8.68. The molecule has 0 saturated heterocycles. The van der Waals surface area contributed by atoms with E-state index in [0.29, 0.717) is 23.7 Å². The van der Waals surface area contributed by atoms with Gasteiger partial charge in [-0.1, -0.05) is 70.2 Å². The van der Waals surface area contributed by atoms with E-state index >= 15 is 0 Å². The molecule has 3 fully saturated rings. The standard InChI is InChI=1S/C37H52O7S/c1-23(2)34(40)22-36(45(41,42)31-13-9-8-10-14-31)25(4)32-17-18-33-28(12-11-19-37(32,33)7)15-16-29-20-30(43-26(5)38)21-35(24(29)3)44-27(6)39/h8-10,13-16,23,25,30,32-36,40H,3,11-12,17-22H2,1-2,4-7H3/t25-,30+,32+,33-,34?,35-,36?,37+/m0/s1. The Morgan fingerprint density at radius 1 is 1.07 bits per heavy atom. The lowest BCUT2D eigenvalue weighted by molar-refractivity contribution is -0.152. The highest BCUT2D eigenvalue weighted by Crippen LogP contribution is 2.60. The van der Waals surface area contributed by atoms with E-state index in [1.54, 1.807) is 24.3 Å². The number of carbonyl (C=O) groups is 2. The first kappa shape index (κ1) is 35.1. The van der Waals surface area contributed by atoms with Crippen molar-refractivity contribution in [1.82, 2.24) is 0 Å². The van der Waals surface area contributed by atoms with Crippen LogP contribution in [0.2, 0.25) is 0 Å². The van der Waals surface area contributed by atoms with Crippen molar-refractivity contribution in [3.63, 3.8) is 0 Å². The Labute approximate surface area is 270 Å². The third-order valence-corrected chi connectivity index (χ3v) is 13.2. The van der Waals surface area contributed by atoms with Gasteiger partial charge in [-0.2, -0.15) is 0 Å². The fourth-order valence-electron chi connectivity index (χ4n) is 8.40. The van der Waals surface area contributed by atoms with Crippen LogP contribution in [-0.4, -0.2) is 49.0 Å². The van der Waals surface area contributed by atoms with Gasteiger partial charge in [-0.15, -0.1) is 0 Å². The minimum atomic E-state index is -3.67. The quantitative estimate of drug-likeness (QED) is 0.271. The minimum Gasteiger partial charge on any atom is -0.462 e. The lowest BCUT2D eigenvalue weighted by atomic mass is 9.60. The summed E-state index contributed by atoms with van der Waals surface area (Å²) < 4.78 is 39.3. The van der Waals surface area contributed by atoms with Gasteiger partial charge in [0.25, 0.3) is 0 Å². The van der Waals surface area contributed by atoms with Crippen LogP contribution in [-0.2, 0) is 28.9 Å². The summed E-state index contributed by atoms with van der Waals surface area (Å²) in [5.41, 5.74) is 2.93. The molecule has 8 atom stereocenters. The van der Waals surface area contributed by atoms with Crippen LogP contribution in [0.3, 0.4) is 0 Å². The summed E-state index contributed by atoms with van der Waals surface area (Å²) in [5.74, 6) is -0.433. The van der Waals surface area contributed by atoms with Crippen LogP contribution in [0.5, 0.6) is 0 Å². The molecule has 0 spiro atoms. The van der Waals surface area contributed by atoms with Crippen LogP contribution in [0.4, 0.5) is 0 Å². The number of carbonyl (C=O) groups excluding carboxylic acids is 2. The highest BCUT2D eigenvalue weighted by atomic mass is 32.2. The van der Waals surface area contributed by atoms with E-state index in [0.717, 1.165) is 43.3 Å². The van der Waals surface area contributed by atoms with Gasteiger partial charge >= 0.3 is 11.9 Å². The molecule has 3 saturated carbocycles. The van der Waals surface area contributed by atoms with Crippen LogP contribution >= 0.6 is 0 Å². The average Bonchev–Trinajstić information content (AvgIpc) is 3.33. The molecule has 0 aromatic heterocycles. The predicted molar refractivity (Wildman–Crippen MR) is 176 cm³/mol. The van der Waals surface area contributed by atoms with Gasteiger partial charge in [0.2, 0.25) is 0 Å². The predicted octanol–water partition coefficient (Wildman–Crippen LogP) is 7.15. The molecule has 3 aliphatic carbocycles. The first-order chi connectivity index (χ1) is 21.1. The first-order valence-electron chi connectivity index (χ1n) is 16.5. The molecule has 0 heterocycles. The third kappa shape index (κ3) is 7.82. The number of fused-ring (bicyclic) bond motifs is 1. The van der Waals surface area contributed by atoms with Crippen molar-refractivity contribution in [2.24, 2.45) is 29.1 Å². The van der Waals surface area contributed by atoms with Gasteiger partial charge in [0.15, 0.2) is 9.84 Å². The lowest BCUT2D eigenvalue weighted by Crippen LogP contribution is -2.43. The molecule has 8 heteroatoms. The maximum absolute atomic E-state index is 14.1. The van der Waals surface area contributed by atoms with Crippen molar-refractivity contribution >= 4 is 21.8 Å². The van der Waals surface area contributed by atoms with Crippen molar-refractivity contribution in [2.75, 3.05) is 0 Å². The molecule has 1 aromatic rings. The fraction of sp³-hybridized carbons (Fsp3) is 0.622. The Kier molecular flexibility index (Phi) is 11.2. The second kappa shape index (κ2) is 14.4. The van der Waals surface area contributed by atoms with E-state index in [2.05, 4.69) is 32.6 Å². The molecule has 45 heavy (non-hydrogen) atoms. The van der Waals surface area contributed by atoms with E-state index in [4.69, 9.17) is 9.47 Å². The molecular weight excluding hydrogens is 588 g/mol. The summed E-state index contributed by atoms with van der Waals surface area (Å²) in [6.07, 6.45) is 8.68. The van der Waals surface area contributed by atoms with Crippen molar-refractivity contribution in [1.29, 1.82) is 0 Å². The highest BCUT2D eigenvalue weighted by Gasteiger charge is 2.53. The number of sulfone groups is 1. The SMILES string of the molecule is C=C1C(=CC=C2CCC[C@]3(C)[C@@H]([C@H](C)C(CC(O)C(C)C)S(=O)(=O)c4ccccc4)CC[C@@H]23)C[C@@H](OC(C)=O)C[C@@H]1OC(C)=O. The first-order valence-corrected chi connectivity index (χ1v) is 18.1. The van der Waals surface area contributed by atoms with Crippen molar-refractivity contribution in [3.05, 3.63) is 65.8 Å². The van der Waals surface area contributed by atoms with Gasteiger partial charge in [0.05, 0.1) is 16.2 Å². The van der Waals surface area contributed by atoms with Gasteiger partial charge in [0.1, 0.15) is 12.2 Å². The fourth-order valence-corrected chi connectivity index (χ4v) is 10.5. The maximum atomic E-state index is 14.1. The molecular formula is C37H52O7S. The Morgan fingerprint density at radius 3 is 2.36 bits per heavy atom. The van der Waals surface area contributed by atoms with Crippen LogP contribution in [0, 0.1) is 29.1 Å². The molecule has 2 unspecified atom stereocenters. The number of aliphatic hydroxyl groups excluding tert-OH is 1. The number of hydrogen-bond donors (Lipinski definition) is 1. The van der Waals surface area contributed by atoms with Gasteiger partial charge in [-0.25, -0.2) is 8.42 Å². The lowest BCUT2D eigenvalue weighted by Gasteiger charge is -2.46. The number of aliphatic hydroxyl groups is 1. The molecule has 1 aromatic carbocycles. The van der Waals surface area contributed by atoms with E-state index in [1.165, 1.54) is 19.4 Å². The Morgan fingerprint density at radius 2 is 1.73 bits per heavy atom. The number of hydrogen-bond acceptors (Lipinski definition) is 7. The second-order valence-corrected chi connectivity index (χ2v) is 16.3. The van der Waals surface area contributed by atoms with Gasteiger partial charge in [-0.3, -0.25) is 9.59 Å². The molecule has 4 rings (SSSR count). The number of esters is 2. The molecule has 0 aliphatic heterocycles. The van der Waals surface area contributed by atoms with E-state index in [-0.39, 0.29) is 41.7 Å². The maximum Gasteiger partial charge on any atom is 0.303 e. The second-order valence-electron chi connectivity index (χ2n) is 14.1. The number of allylic oxidation sites excluding steroid dienone is 3. The van der Waals surface area contributed by atoms with Crippen LogP contribution < -0.4 is 0 Å². The highest BCUT2D eigenvalue weighted by molar-refractivity contribution is 7.92. The van der Waals surface area contributed by atoms with Crippen molar-refractivity contribution in [3.8, 4) is 0 Å². The summed E-state index contributed by atoms with van der Waals surface area (Å²) >= 11 is 0. The average molecular weight is 641 g/mol. The molecule has 3 aliphatic rings. The zero-order valence-corrected chi connectivity index (χ0v) is 28.6. The topological polar surface area (TPSA) is 107 Å². The molecule has 248 valence electrons.